The summed E-state index contributed by atoms with van der Waals surface area (Å²) in [6.45, 7) is 4.48. The van der Waals surface area contributed by atoms with Gasteiger partial charge in [-0.1, -0.05) is 6.58 Å². The number of hydrogen-bond acceptors (Lipinski definition) is 2. The summed E-state index contributed by atoms with van der Waals surface area (Å²) in [7, 11) is 0. The zero-order valence-corrected chi connectivity index (χ0v) is 6.48. The third-order valence-corrected chi connectivity index (χ3v) is 0.348. The van der Waals surface area contributed by atoms with E-state index in [2.05, 4.69) is 6.58 Å². The Labute approximate surface area is 61.3 Å². The average molecular weight is 176 g/mol. The summed E-state index contributed by atoms with van der Waals surface area (Å²) in [5, 5.41) is 9.49. The van der Waals surface area contributed by atoms with Gasteiger partial charge in [0.1, 0.15) is 0 Å². The number of carboxylic acid groups (broad SMARTS) is 1. The molecule has 0 aromatic rings. The molecule has 0 rings (SSSR count). The van der Waals surface area contributed by atoms with E-state index in [4.69, 9.17) is 0 Å². The molecule has 0 bridgehead atoms. The Morgan fingerprint density at radius 3 is 1.86 bits per heavy atom. The van der Waals surface area contributed by atoms with E-state index in [1.807, 2.05) is 0 Å². The molecule has 0 N–H and O–H groups in total. The van der Waals surface area contributed by atoms with Crippen LogP contribution in [0.25, 0.3) is 0 Å². The first-order valence-electron chi connectivity index (χ1n) is 1.51. The normalized spacial score (nSPS) is 6.43. The van der Waals surface area contributed by atoms with Gasteiger partial charge in [-0.15, -0.1) is 0 Å². The van der Waals surface area contributed by atoms with Crippen molar-refractivity contribution in [3.05, 3.63) is 12.2 Å². The first kappa shape index (κ1) is 10.2. The van der Waals surface area contributed by atoms with E-state index in [1.54, 1.807) is 0 Å². The number of hydrogen-bond donors (Lipinski definition) is 0. The summed E-state index contributed by atoms with van der Waals surface area (Å²) < 4.78 is 0. The summed E-state index contributed by atoms with van der Waals surface area (Å²) >= 11 is 0. The van der Waals surface area contributed by atoms with E-state index in [0.717, 1.165) is 0 Å². The molecule has 0 saturated carbocycles. The minimum atomic E-state index is -1.19. The topological polar surface area (TPSA) is 40.1 Å². The van der Waals surface area contributed by atoms with E-state index in [0.29, 0.717) is 0 Å². The van der Waals surface area contributed by atoms with Crippen molar-refractivity contribution in [2.24, 2.45) is 0 Å². The molecule has 0 unspecified atom stereocenters. The van der Waals surface area contributed by atoms with Crippen LogP contribution in [0.5, 0.6) is 0 Å². The van der Waals surface area contributed by atoms with Crippen LogP contribution in [0, 0.1) is 0 Å². The molecule has 0 heterocycles. The van der Waals surface area contributed by atoms with E-state index in [1.165, 1.54) is 6.92 Å². The van der Waals surface area contributed by atoms with Crippen molar-refractivity contribution >= 4 is 5.97 Å². The summed E-state index contributed by atoms with van der Waals surface area (Å²) in [4.78, 5) is 9.49. The summed E-state index contributed by atoms with van der Waals surface area (Å²) in [5.74, 6) is -1.19. The molecule has 2 nitrogen and oxygen atoms in total. The molecule has 0 amide bonds. The molecule has 7 heavy (non-hydrogen) atoms. The van der Waals surface area contributed by atoms with Gasteiger partial charge in [0.15, 0.2) is 0 Å². The van der Waals surface area contributed by atoms with Crippen molar-refractivity contribution in [2.45, 2.75) is 6.92 Å². The van der Waals surface area contributed by atoms with Crippen LogP contribution in [0.2, 0.25) is 0 Å². The minimum absolute atomic E-state index is 0. The zero-order chi connectivity index (χ0) is 5.15. The fourth-order valence-corrected chi connectivity index (χ4v) is 0. The summed E-state index contributed by atoms with van der Waals surface area (Å²) in [6, 6.07) is 0. The molecule has 0 aliphatic heterocycles. The Bertz CT molecular complexity index is 75.7. The summed E-state index contributed by atoms with van der Waals surface area (Å²) in [6.07, 6.45) is 0. The third kappa shape index (κ3) is 6.09. The second-order valence-electron chi connectivity index (χ2n) is 1.07. The standard InChI is InChI=1S/C4H6O2.Zr/c1-3(2)4(5)6;/h1H2,2H3,(H,5,6);/p-1. The van der Waals surface area contributed by atoms with Gasteiger partial charge in [0.05, 0.1) is 5.97 Å². The quantitative estimate of drug-likeness (QED) is 0.496. The SMILES string of the molecule is C=C(C)C(=O)[O-].[Zr]. The second-order valence-corrected chi connectivity index (χ2v) is 1.07. The van der Waals surface area contributed by atoms with Crippen molar-refractivity contribution in [3.63, 3.8) is 0 Å². The molecule has 0 aromatic heterocycles. The van der Waals surface area contributed by atoms with Crippen LogP contribution in [-0.4, -0.2) is 5.97 Å². The van der Waals surface area contributed by atoms with Crippen molar-refractivity contribution in [2.75, 3.05) is 0 Å². The van der Waals surface area contributed by atoms with E-state index >= 15 is 0 Å². The molecular weight excluding hydrogens is 171 g/mol. The number of carbonyl (C=O) groups excluding carboxylic acids is 1. The van der Waals surface area contributed by atoms with E-state index in [9.17, 15) is 9.90 Å². The predicted octanol–water partition coefficient (Wildman–Crippen LogP) is -0.690. The predicted molar refractivity (Wildman–Crippen MR) is 19.8 cm³/mol. The van der Waals surface area contributed by atoms with Crippen LogP contribution in [0.3, 0.4) is 0 Å². The van der Waals surface area contributed by atoms with Gasteiger partial charge in [-0.3, -0.25) is 0 Å². The van der Waals surface area contributed by atoms with Crippen molar-refractivity contribution < 1.29 is 36.1 Å². The van der Waals surface area contributed by atoms with Crippen LogP contribution >= 0.6 is 0 Å². The first-order chi connectivity index (χ1) is 2.64. The Hall–Kier alpha value is 0.0931. The van der Waals surface area contributed by atoms with Crippen LogP contribution in [0.15, 0.2) is 12.2 Å². The number of carboxylic acids is 1. The smallest absolute Gasteiger partial charge is 0.0666 e. The molecule has 0 fully saturated rings. The Balaban J connectivity index is 0. The second kappa shape index (κ2) is 4.26. The van der Waals surface area contributed by atoms with Gasteiger partial charge in [0.2, 0.25) is 0 Å². The molecule has 0 spiro atoms. The van der Waals surface area contributed by atoms with Crippen molar-refractivity contribution in [1.82, 2.24) is 0 Å². The summed E-state index contributed by atoms with van der Waals surface area (Å²) in [5.41, 5.74) is 0.0648. The van der Waals surface area contributed by atoms with Crippen molar-refractivity contribution in [1.29, 1.82) is 0 Å². The van der Waals surface area contributed by atoms with E-state index < -0.39 is 5.97 Å². The number of rotatable bonds is 1. The maximum atomic E-state index is 9.49. The molecule has 0 saturated heterocycles. The van der Waals surface area contributed by atoms with Crippen molar-refractivity contribution in [3.8, 4) is 0 Å². The maximum absolute atomic E-state index is 9.49. The van der Waals surface area contributed by atoms with Crippen LogP contribution in [0.4, 0.5) is 0 Å². The fraction of sp³-hybridized carbons (Fsp3) is 0.250. The molecule has 0 aromatic carbocycles. The molecule has 0 aliphatic carbocycles. The van der Waals surface area contributed by atoms with E-state index in [-0.39, 0.29) is 31.8 Å². The van der Waals surface area contributed by atoms with Gasteiger partial charge in [-0.2, -0.15) is 0 Å². The molecule has 0 atom stereocenters. The number of aliphatic carboxylic acids is 1. The van der Waals surface area contributed by atoms with Gasteiger partial charge in [0, 0.05) is 26.2 Å². The molecule has 0 radical (unpaired) electrons. The third-order valence-electron chi connectivity index (χ3n) is 0.348. The number of carbonyl (C=O) groups is 1. The average Bonchev–Trinajstić information content (AvgIpc) is 1.36. The Morgan fingerprint density at radius 1 is 1.71 bits per heavy atom. The molecular formula is C4H5O2Zr-. The molecule has 38 valence electrons. The van der Waals surface area contributed by atoms with Crippen LogP contribution in [0.1, 0.15) is 6.92 Å². The first-order valence-corrected chi connectivity index (χ1v) is 1.51. The minimum Gasteiger partial charge on any atom is -0.545 e. The molecule has 0 aliphatic rings. The van der Waals surface area contributed by atoms with Crippen LogP contribution in [-0.2, 0) is 31.0 Å². The maximum Gasteiger partial charge on any atom is 0.0666 e. The largest absolute Gasteiger partial charge is 0.545 e. The zero-order valence-electron chi connectivity index (χ0n) is 4.02. The molecule has 3 heteroatoms. The fourth-order valence-electron chi connectivity index (χ4n) is 0. The van der Waals surface area contributed by atoms with Gasteiger partial charge < -0.3 is 9.90 Å². The Kier molecular flexibility index (Phi) is 6.17. The van der Waals surface area contributed by atoms with Gasteiger partial charge in [-0.05, 0) is 12.5 Å². The Morgan fingerprint density at radius 2 is 1.86 bits per heavy atom. The van der Waals surface area contributed by atoms with Gasteiger partial charge in [0.25, 0.3) is 0 Å². The van der Waals surface area contributed by atoms with Crippen LogP contribution < -0.4 is 5.11 Å². The monoisotopic (exact) mass is 175 g/mol. The van der Waals surface area contributed by atoms with Gasteiger partial charge >= 0.3 is 0 Å². The van der Waals surface area contributed by atoms with Gasteiger partial charge in [-0.25, -0.2) is 0 Å².